The maximum atomic E-state index is 9.32. The Bertz CT molecular complexity index is 632. The van der Waals surface area contributed by atoms with Gasteiger partial charge in [-0.25, -0.2) is 0 Å². The van der Waals surface area contributed by atoms with Gasteiger partial charge in [-0.1, -0.05) is 20.8 Å². The fourth-order valence-electron chi connectivity index (χ4n) is 2.53. The number of aliphatic hydroxyl groups excluding tert-OH is 1. The Labute approximate surface area is 126 Å². The van der Waals surface area contributed by atoms with Crippen LogP contribution in [0.15, 0.2) is 24.3 Å². The second-order valence-electron chi connectivity index (χ2n) is 6.66. The quantitative estimate of drug-likeness (QED) is 0.754. The summed E-state index contributed by atoms with van der Waals surface area (Å²) in [4.78, 5) is 4.55. The molecule has 0 fully saturated rings. The molecule has 1 heterocycles. The van der Waals surface area contributed by atoms with E-state index in [1.165, 1.54) is 0 Å². The highest BCUT2D eigenvalue weighted by atomic mass is 16.3. The van der Waals surface area contributed by atoms with Gasteiger partial charge in [0.15, 0.2) is 0 Å². The minimum absolute atomic E-state index is 0.0482. The van der Waals surface area contributed by atoms with Crippen LogP contribution in [0.3, 0.4) is 0 Å². The largest absolute Gasteiger partial charge is 0.399 e. The highest BCUT2D eigenvalue weighted by Gasteiger charge is 2.24. The van der Waals surface area contributed by atoms with Crippen molar-refractivity contribution in [1.82, 2.24) is 4.98 Å². The molecule has 1 atom stereocenters. The van der Waals surface area contributed by atoms with Gasteiger partial charge in [-0.05, 0) is 43.0 Å². The summed E-state index contributed by atoms with van der Waals surface area (Å²) < 4.78 is 0. The molecule has 2 aromatic rings. The van der Waals surface area contributed by atoms with Crippen molar-refractivity contribution in [3.8, 4) is 0 Å². The Kier molecular flexibility index (Phi) is 4.37. The van der Waals surface area contributed by atoms with Crippen LogP contribution in [-0.2, 0) is 0 Å². The van der Waals surface area contributed by atoms with E-state index in [0.717, 1.165) is 28.0 Å². The van der Waals surface area contributed by atoms with Gasteiger partial charge in [0.1, 0.15) is 0 Å². The van der Waals surface area contributed by atoms with Gasteiger partial charge in [0.05, 0.1) is 5.52 Å². The minimum atomic E-state index is 0.0482. The van der Waals surface area contributed by atoms with Crippen LogP contribution in [0.4, 0.5) is 11.4 Å². The summed E-state index contributed by atoms with van der Waals surface area (Å²) in [6, 6.07) is 7.98. The Balaban J connectivity index is 2.47. The lowest BCUT2D eigenvalue weighted by Gasteiger charge is -2.32. The molecule has 21 heavy (non-hydrogen) atoms. The fourth-order valence-corrected chi connectivity index (χ4v) is 2.53. The van der Waals surface area contributed by atoms with Crippen molar-refractivity contribution >= 4 is 22.3 Å². The zero-order chi connectivity index (χ0) is 15.6. The fraction of sp³-hybridized carbons (Fsp3) is 0.471. The van der Waals surface area contributed by atoms with Crippen molar-refractivity contribution < 1.29 is 5.11 Å². The second kappa shape index (κ2) is 5.90. The standard InChI is InChI=1S/C17H25N3O/c1-11-9-15(20-16(7-8-21)17(2,3)4)13-10-12(18)5-6-14(13)19-11/h5-6,9-10,16,21H,7-8,18H2,1-4H3,(H,19,20). The van der Waals surface area contributed by atoms with Crippen LogP contribution < -0.4 is 11.1 Å². The zero-order valence-electron chi connectivity index (χ0n) is 13.3. The van der Waals surface area contributed by atoms with E-state index in [1.54, 1.807) is 0 Å². The number of nitrogens with two attached hydrogens (primary N) is 1. The number of anilines is 2. The van der Waals surface area contributed by atoms with Crippen LogP contribution in [0, 0.1) is 12.3 Å². The lowest BCUT2D eigenvalue weighted by Crippen LogP contribution is -2.35. The van der Waals surface area contributed by atoms with Gasteiger partial charge in [-0.15, -0.1) is 0 Å². The summed E-state index contributed by atoms with van der Waals surface area (Å²) in [6.45, 7) is 8.67. The summed E-state index contributed by atoms with van der Waals surface area (Å²) in [5.74, 6) is 0. The molecule has 0 saturated heterocycles. The average molecular weight is 287 g/mol. The number of nitrogen functional groups attached to an aromatic ring is 1. The molecule has 2 rings (SSSR count). The molecule has 1 aromatic heterocycles. The number of pyridine rings is 1. The Morgan fingerprint density at radius 2 is 2.00 bits per heavy atom. The lowest BCUT2D eigenvalue weighted by molar-refractivity contribution is 0.235. The minimum Gasteiger partial charge on any atom is -0.399 e. The molecule has 0 aliphatic rings. The number of nitrogens with one attached hydrogen (secondary N) is 1. The number of hydrogen-bond donors (Lipinski definition) is 3. The molecule has 4 nitrogen and oxygen atoms in total. The third-order valence-electron chi connectivity index (χ3n) is 3.75. The van der Waals surface area contributed by atoms with Gasteiger partial charge in [0, 0.05) is 35.1 Å². The lowest BCUT2D eigenvalue weighted by atomic mass is 9.84. The molecule has 0 spiro atoms. The number of nitrogens with zero attached hydrogens (tertiary/aromatic N) is 1. The first kappa shape index (κ1) is 15.6. The third-order valence-corrected chi connectivity index (χ3v) is 3.75. The Morgan fingerprint density at radius 3 is 2.62 bits per heavy atom. The number of benzene rings is 1. The maximum absolute atomic E-state index is 9.32. The normalized spacial score (nSPS) is 13.4. The molecule has 4 N–H and O–H groups in total. The van der Waals surface area contributed by atoms with Crippen LogP contribution in [0.1, 0.15) is 32.9 Å². The molecule has 0 saturated carbocycles. The molecule has 0 amide bonds. The van der Waals surface area contributed by atoms with E-state index in [9.17, 15) is 5.11 Å². The molecule has 1 unspecified atom stereocenters. The smallest absolute Gasteiger partial charge is 0.0727 e. The van der Waals surface area contributed by atoms with Crippen molar-refractivity contribution in [2.24, 2.45) is 5.41 Å². The molecule has 1 aromatic carbocycles. The van der Waals surface area contributed by atoms with Crippen molar-refractivity contribution in [2.75, 3.05) is 17.7 Å². The molecule has 0 radical (unpaired) electrons. The average Bonchev–Trinajstić information content (AvgIpc) is 2.38. The first-order chi connectivity index (χ1) is 9.81. The highest BCUT2D eigenvalue weighted by Crippen LogP contribution is 2.30. The third kappa shape index (κ3) is 3.64. The van der Waals surface area contributed by atoms with E-state index >= 15 is 0 Å². The summed E-state index contributed by atoms with van der Waals surface area (Å²) in [5, 5.41) is 13.9. The Morgan fingerprint density at radius 1 is 1.29 bits per heavy atom. The first-order valence-corrected chi connectivity index (χ1v) is 7.35. The molecule has 0 aliphatic heterocycles. The zero-order valence-corrected chi connectivity index (χ0v) is 13.3. The Hall–Kier alpha value is -1.81. The van der Waals surface area contributed by atoms with E-state index in [-0.39, 0.29) is 18.1 Å². The SMILES string of the molecule is Cc1cc(NC(CCO)C(C)(C)C)c2cc(N)ccc2n1. The maximum Gasteiger partial charge on any atom is 0.0727 e. The second-order valence-corrected chi connectivity index (χ2v) is 6.66. The van der Waals surface area contributed by atoms with Gasteiger partial charge in [-0.2, -0.15) is 0 Å². The van der Waals surface area contributed by atoms with Gasteiger partial charge in [-0.3, -0.25) is 4.98 Å². The number of aliphatic hydroxyl groups is 1. The molecule has 0 aliphatic carbocycles. The summed E-state index contributed by atoms with van der Waals surface area (Å²) in [7, 11) is 0. The van der Waals surface area contributed by atoms with Gasteiger partial charge in [0.2, 0.25) is 0 Å². The molecule has 114 valence electrons. The van der Waals surface area contributed by atoms with Crippen LogP contribution in [0.25, 0.3) is 10.9 Å². The van der Waals surface area contributed by atoms with Crippen LogP contribution in [0.5, 0.6) is 0 Å². The van der Waals surface area contributed by atoms with E-state index in [4.69, 9.17) is 5.73 Å². The topological polar surface area (TPSA) is 71.2 Å². The van der Waals surface area contributed by atoms with E-state index in [2.05, 4.69) is 31.1 Å². The number of aromatic nitrogens is 1. The summed E-state index contributed by atoms with van der Waals surface area (Å²) in [6.07, 6.45) is 0.703. The molecular formula is C17H25N3O. The van der Waals surface area contributed by atoms with E-state index in [1.807, 2.05) is 31.2 Å². The van der Waals surface area contributed by atoms with Gasteiger partial charge < -0.3 is 16.2 Å². The first-order valence-electron chi connectivity index (χ1n) is 7.35. The predicted octanol–water partition coefficient (Wildman–Crippen LogP) is 3.33. The predicted molar refractivity (Wildman–Crippen MR) is 89.5 cm³/mol. The van der Waals surface area contributed by atoms with Crippen molar-refractivity contribution in [2.45, 2.75) is 40.2 Å². The number of rotatable bonds is 4. The van der Waals surface area contributed by atoms with Crippen LogP contribution in [-0.4, -0.2) is 22.7 Å². The van der Waals surface area contributed by atoms with Gasteiger partial charge in [0.25, 0.3) is 0 Å². The van der Waals surface area contributed by atoms with E-state index in [0.29, 0.717) is 6.42 Å². The molecule has 0 bridgehead atoms. The van der Waals surface area contributed by atoms with Gasteiger partial charge >= 0.3 is 0 Å². The summed E-state index contributed by atoms with van der Waals surface area (Å²) >= 11 is 0. The van der Waals surface area contributed by atoms with Crippen molar-refractivity contribution in [3.05, 3.63) is 30.0 Å². The van der Waals surface area contributed by atoms with Crippen LogP contribution in [0.2, 0.25) is 0 Å². The number of hydrogen-bond acceptors (Lipinski definition) is 4. The number of fused-ring (bicyclic) bond motifs is 1. The summed E-state index contributed by atoms with van der Waals surface area (Å²) in [5.41, 5.74) is 9.61. The highest BCUT2D eigenvalue weighted by molar-refractivity contribution is 5.93. The monoisotopic (exact) mass is 287 g/mol. The van der Waals surface area contributed by atoms with Crippen LogP contribution >= 0.6 is 0 Å². The molecule has 4 heteroatoms. The molecular weight excluding hydrogens is 262 g/mol. The van der Waals surface area contributed by atoms with Crippen molar-refractivity contribution in [1.29, 1.82) is 0 Å². The van der Waals surface area contributed by atoms with E-state index < -0.39 is 0 Å². The number of aryl methyl sites for hydroxylation is 1. The van der Waals surface area contributed by atoms with Crippen molar-refractivity contribution in [3.63, 3.8) is 0 Å².